The van der Waals surface area contributed by atoms with Crippen LogP contribution in [0.4, 0.5) is 0 Å². The van der Waals surface area contributed by atoms with Gasteiger partial charge in [0.15, 0.2) is 46.3 Å². The van der Waals surface area contributed by atoms with Crippen LogP contribution in [0, 0.1) is 71.0 Å². The number of hydrogen-bond donors (Lipinski definition) is 0. The first kappa shape index (κ1) is 82.0. The average molecular weight is 1720 g/mol. The van der Waals surface area contributed by atoms with Gasteiger partial charge >= 0.3 is 89.5 Å². The number of esters is 15. The Kier molecular flexibility index (Phi) is 19.7. The molecule has 0 radical (unpaired) electrons. The lowest BCUT2D eigenvalue weighted by Crippen LogP contribution is -2.50. The van der Waals surface area contributed by atoms with E-state index in [1.807, 2.05) is 12.1 Å². The molecule has 17 aliphatic rings. The van der Waals surface area contributed by atoms with E-state index in [1.54, 1.807) is 84.9 Å². The lowest BCUT2D eigenvalue weighted by atomic mass is 9.59. The summed E-state index contributed by atoms with van der Waals surface area (Å²) in [6.07, 6.45) is 1.02. The van der Waals surface area contributed by atoms with Crippen LogP contribution >= 0.6 is 0 Å². The van der Waals surface area contributed by atoms with Gasteiger partial charge in [-0.1, -0.05) is 73.3 Å². The molecule has 0 amide bonds. The van der Waals surface area contributed by atoms with Gasteiger partial charge in [-0.25, -0.2) is 33.6 Å². The first-order valence-electron chi connectivity index (χ1n) is 39.4. The highest BCUT2D eigenvalue weighted by Crippen LogP contribution is 2.56. The maximum Gasteiger partial charge on any atom is 0.346 e. The molecule has 35 nitrogen and oxygen atoms in total. The molecule has 0 bridgehead atoms. The molecule has 0 N–H and O–H groups in total. The molecule has 7 aromatic rings. The van der Waals surface area contributed by atoms with Crippen LogP contribution in [0.15, 0.2) is 116 Å². The average Bonchev–Trinajstić information content (AvgIpc) is 1.62. The summed E-state index contributed by atoms with van der Waals surface area (Å²) in [5.74, 6) is -18.7. The van der Waals surface area contributed by atoms with Gasteiger partial charge in [-0.3, -0.25) is 95.9 Å². The van der Waals surface area contributed by atoms with E-state index in [1.165, 1.54) is 12.1 Å². The summed E-state index contributed by atoms with van der Waals surface area (Å²) in [5.41, 5.74) is 8.71. The Hall–Kier alpha value is -16.0. The minimum absolute atomic E-state index is 0.0298. The molecule has 8 heterocycles. The molecule has 35 heteroatoms. The summed E-state index contributed by atoms with van der Waals surface area (Å²) in [6, 6.07) is 29.4. The van der Waals surface area contributed by atoms with Crippen molar-refractivity contribution in [3.05, 3.63) is 227 Å². The summed E-state index contributed by atoms with van der Waals surface area (Å²) in [6.45, 7) is 3.72. The van der Waals surface area contributed by atoms with Crippen molar-refractivity contribution >= 4 is 175 Å². The first-order valence-corrected chi connectivity index (χ1v) is 39.4. The SMILES string of the molecule is C=C1OC(=O)c2c(Cc3ccc4c(c3)C(=O)OC4=O)cccc21.O=C1CC(=O)C2C1C1C(=O)OC(=O)C21.O=C1CC(=O)C2CC3C(=O)OC(=O)C3CC12.O=C1CC(=O)c2cc(Cc3ccc4c(c3)C(=O)OC4=O)ccc21.O=C1CC(=O)c2cc3c(cc21)C(=O)OC3=O.O=C1CC(=O)c2ccc3c4c(ccc1c24)C(=O)CC3=O.O=C1OC(=O)C2C1CC1C(=O)OC(=O)C12. The van der Waals surface area contributed by atoms with Gasteiger partial charge in [-0.2, -0.15) is 0 Å². The van der Waals surface area contributed by atoms with E-state index in [4.69, 9.17) is 4.74 Å². The third-order valence-corrected chi connectivity index (χ3v) is 25.5. The maximum atomic E-state index is 12.0. The fourth-order valence-corrected chi connectivity index (χ4v) is 19.5. The van der Waals surface area contributed by atoms with Crippen molar-refractivity contribution in [3.63, 3.8) is 0 Å². The summed E-state index contributed by atoms with van der Waals surface area (Å²) in [7, 11) is 0. The maximum absolute atomic E-state index is 12.0. The fourth-order valence-electron chi connectivity index (χ4n) is 19.5. The quantitative estimate of drug-likeness (QED) is 0.107. The zero-order valence-electron chi connectivity index (χ0n) is 65.1. The van der Waals surface area contributed by atoms with Gasteiger partial charge in [-0.15, -0.1) is 0 Å². The van der Waals surface area contributed by atoms with Crippen molar-refractivity contribution in [1.82, 2.24) is 0 Å². The Balaban J connectivity index is 0.000000101. The smallest absolute Gasteiger partial charge is 0.346 e. The number of ketones is 12. The zero-order valence-corrected chi connectivity index (χ0v) is 65.1. The number of hydrogen-bond acceptors (Lipinski definition) is 35. The normalized spacial score (nSPS) is 25.7. The Morgan fingerprint density at radius 1 is 0.228 bits per heavy atom. The highest BCUT2D eigenvalue weighted by atomic mass is 16.6. The van der Waals surface area contributed by atoms with Crippen LogP contribution in [0.3, 0.4) is 0 Å². The van der Waals surface area contributed by atoms with E-state index in [0.717, 1.165) is 22.3 Å². The highest BCUT2D eigenvalue weighted by molar-refractivity contribution is 6.36. The summed E-state index contributed by atoms with van der Waals surface area (Å²) in [5, 5.41) is 0.949. The summed E-state index contributed by atoms with van der Waals surface area (Å²) < 4.78 is 36.4. The number of carbonyl (C=O) groups is 27. The predicted octanol–water partition coefficient (Wildman–Crippen LogP) is 6.21. The van der Waals surface area contributed by atoms with Gasteiger partial charge in [-0.05, 0) is 96.8 Å². The molecule has 9 aliphatic carbocycles. The molecule has 24 rings (SSSR count). The van der Waals surface area contributed by atoms with Gasteiger partial charge in [0.2, 0.25) is 0 Å². The largest absolute Gasteiger partial charge is 0.423 e. The van der Waals surface area contributed by atoms with E-state index in [-0.39, 0.29) is 171 Å². The van der Waals surface area contributed by atoms with Gasteiger partial charge in [0.05, 0.1) is 125 Å². The molecule has 12 atom stereocenters. The Labute approximate surface area is 708 Å². The molecular formula is C92H54O35. The van der Waals surface area contributed by atoms with Crippen molar-refractivity contribution < 1.29 is 167 Å². The molecule has 5 saturated carbocycles. The van der Waals surface area contributed by atoms with Crippen LogP contribution in [0.5, 0.6) is 0 Å². The van der Waals surface area contributed by atoms with Gasteiger partial charge in [0, 0.05) is 84.5 Å². The second-order valence-electron chi connectivity index (χ2n) is 32.5. The van der Waals surface area contributed by atoms with Crippen LogP contribution in [0.1, 0.15) is 241 Å². The molecule has 4 saturated heterocycles. The summed E-state index contributed by atoms with van der Waals surface area (Å²) in [4.78, 5) is 310. The molecule has 0 aromatic heterocycles. The first-order chi connectivity index (χ1) is 60.5. The number of carbonyl (C=O) groups excluding carboxylic acids is 27. The van der Waals surface area contributed by atoms with Gasteiger partial charge < -0.3 is 37.9 Å². The second kappa shape index (κ2) is 30.5. The van der Waals surface area contributed by atoms with Crippen LogP contribution < -0.4 is 0 Å². The molecule has 9 fully saturated rings. The van der Waals surface area contributed by atoms with Crippen molar-refractivity contribution in [1.29, 1.82) is 0 Å². The Morgan fingerprint density at radius 3 is 0.961 bits per heavy atom. The fraction of sp³-hybridized carbons (Fsp3) is 0.250. The van der Waals surface area contributed by atoms with Gasteiger partial charge in [0.1, 0.15) is 28.9 Å². The number of cyclic esters (lactones) is 15. The molecular weight excluding hydrogens is 1660 g/mol. The standard InChI is InChI=1S/2C18H10O5.C16H8O4.C11H10O5.C11H4O5.C9H6O6.C9H6O5/c1-9-12-4-2-3-11(15(12)18(21)22-9)7-10-5-6-13-14(8-10)17(20)23-16(13)19;19-15-8-16(20)13-6-9(1-3-11(13)15)5-10-2-4-12-14(7-10)18(22)23-17(12)21;17-11-5-13(19)9-3-4-10-14(20)6-12(18)8-2-1-7(11)15(9)16(8)10;2*12-8-3-9(13)5-2-7-6(1-4(5)8)10(14)16-11(7)15;10-6-2-1-3-5(4(2)8(12)14-6)9(13)15-7(3)11;10-2-1-3(11)5-4(2)6-7(5)9(13)14-8(6)12/h2-6,8H,1,7H2;1-4,6-7H,5,8H2;1-4H,5-6H2;4-7H,1-3H2;1-2H,3H2;2-5H,1H2;4-7H,1H2. The number of rotatable bonds is 4. The van der Waals surface area contributed by atoms with E-state index in [2.05, 4.69) is 39.7 Å². The lowest BCUT2D eigenvalue weighted by Gasteiger charge is -2.36. The highest BCUT2D eigenvalue weighted by Gasteiger charge is 2.71. The topological polar surface area (TPSA) is 535 Å². The predicted molar refractivity (Wildman–Crippen MR) is 408 cm³/mol. The molecule has 0 spiro atoms. The minimum atomic E-state index is -0.804. The molecule has 127 heavy (non-hydrogen) atoms. The molecule has 7 aromatic carbocycles. The third kappa shape index (κ3) is 13.6. The number of fused-ring (bicyclic) bond motifs is 15. The number of Topliss-reactive ketones (excluding diaryl/α,β-unsaturated/α-hetero) is 12. The third-order valence-electron chi connectivity index (χ3n) is 25.5. The minimum Gasteiger partial charge on any atom is -0.423 e. The van der Waals surface area contributed by atoms with E-state index < -0.39 is 149 Å². The number of ether oxygens (including phenoxy) is 8. The van der Waals surface area contributed by atoms with E-state index >= 15 is 0 Å². The van der Waals surface area contributed by atoms with Crippen molar-refractivity contribution in [2.75, 3.05) is 0 Å². The lowest BCUT2D eigenvalue weighted by molar-refractivity contribution is -0.158. The van der Waals surface area contributed by atoms with E-state index in [9.17, 15) is 129 Å². The molecule has 12 unspecified atom stereocenters. The van der Waals surface area contributed by atoms with E-state index in [0.29, 0.717) is 86.7 Å². The van der Waals surface area contributed by atoms with Crippen LogP contribution in [0.25, 0.3) is 16.5 Å². The molecule has 8 aliphatic heterocycles. The molecule has 632 valence electrons. The second-order valence-corrected chi connectivity index (χ2v) is 32.5. The van der Waals surface area contributed by atoms with Crippen molar-refractivity contribution in [2.45, 2.75) is 70.6 Å². The number of benzene rings is 7. The summed E-state index contributed by atoms with van der Waals surface area (Å²) >= 11 is 0. The van der Waals surface area contributed by atoms with Gasteiger partial charge in [0.25, 0.3) is 0 Å². The monoisotopic (exact) mass is 1720 g/mol. The van der Waals surface area contributed by atoms with Crippen molar-refractivity contribution in [2.24, 2.45) is 71.0 Å². The zero-order chi connectivity index (χ0) is 90.0. The van der Waals surface area contributed by atoms with Crippen LogP contribution in [-0.4, -0.2) is 159 Å². The van der Waals surface area contributed by atoms with Crippen LogP contribution in [0.2, 0.25) is 0 Å². The van der Waals surface area contributed by atoms with Crippen LogP contribution in [-0.2, 0) is 108 Å². The Bertz CT molecular complexity index is 6210. The van der Waals surface area contributed by atoms with Crippen molar-refractivity contribution in [3.8, 4) is 0 Å². The Morgan fingerprint density at radius 2 is 0.535 bits per heavy atom.